The van der Waals surface area contributed by atoms with Crippen molar-refractivity contribution >= 4 is 5.95 Å². The summed E-state index contributed by atoms with van der Waals surface area (Å²) in [4.78, 5) is 6.62. The number of halogens is 1. The second-order valence-corrected chi connectivity index (χ2v) is 5.27. The van der Waals surface area contributed by atoms with Gasteiger partial charge < -0.3 is 10.6 Å². The van der Waals surface area contributed by atoms with E-state index in [1.807, 2.05) is 0 Å². The maximum atomic E-state index is 13.3. The van der Waals surface area contributed by atoms with Crippen molar-refractivity contribution in [2.75, 3.05) is 18.0 Å². The number of hydrogen-bond acceptors (Lipinski definition) is 4. The number of aryl methyl sites for hydroxylation is 1. The zero-order chi connectivity index (χ0) is 14.1. The number of aromatic nitrogens is 3. The van der Waals surface area contributed by atoms with Crippen LogP contribution in [-0.2, 0) is 0 Å². The largest absolute Gasteiger partial charge is 0.339 e. The number of H-pyrrole nitrogens is 1. The molecule has 0 aliphatic carbocycles. The number of nitrogens with two attached hydrogens (primary N) is 1. The molecule has 6 heteroatoms. The van der Waals surface area contributed by atoms with Gasteiger partial charge >= 0.3 is 0 Å². The highest BCUT2D eigenvalue weighted by atomic mass is 19.1. The Balaban J connectivity index is 1.81. The van der Waals surface area contributed by atoms with E-state index < -0.39 is 0 Å². The van der Waals surface area contributed by atoms with Crippen LogP contribution in [-0.4, -0.2) is 34.3 Å². The van der Waals surface area contributed by atoms with Crippen LogP contribution in [0.2, 0.25) is 0 Å². The van der Waals surface area contributed by atoms with Crippen molar-refractivity contribution in [3.05, 3.63) is 29.6 Å². The van der Waals surface area contributed by atoms with E-state index in [0.717, 1.165) is 31.5 Å². The maximum Gasteiger partial charge on any atom is 0.245 e. The summed E-state index contributed by atoms with van der Waals surface area (Å²) < 4.78 is 13.3. The van der Waals surface area contributed by atoms with E-state index in [1.54, 1.807) is 19.1 Å². The number of benzene rings is 1. The normalized spacial score (nSPS) is 16.6. The topological polar surface area (TPSA) is 70.8 Å². The van der Waals surface area contributed by atoms with Crippen molar-refractivity contribution in [3.63, 3.8) is 0 Å². The Morgan fingerprint density at radius 2 is 2.10 bits per heavy atom. The Labute approximate surface area is 117 Å². The molecule has 0 saturated carbocycles. The van der Waals surface area contributed by atoms with Crippen LogP contribution in [0.5, 0.6) is 0 Å². The van der Waals surface area contributed by atoms with Gasteiger partial charge in [0.2, 0.25) is 5.95 Å². The van der Waals surface area contributed by atoms with Crippen LogP contribution in [0, 0.1) is 12.7 Å². The minimum absolute atomic E-state index is 0.210. The first-order valence-electron chi connectivity index (χ1n) is 6.83. The van der Waals surface area contributed by atoms with Gasteiger partial charge in [0.15, 0.2) is 5.82 Å². The molecule has 0 bridgehead atoms. The summed E-state index contributed by atoms with van der Waals surface area (Å²) in [6, 6.07) is 5.21. The molecule has 3 rings (SSSR count). The van der Waals surface area contributed by atoms with Gasteiger partial charge in [-0.05, 0) is 43.5 Å². The molecular formula is C14H18FN5. The fourth-order valence-electron chi connectivity index (χ4n) is 2.41. The highest BCUT2D eigenvalue weighted by Gasteiger charge is 2.19. The van der Waals surface area contributed by atoms with E-state index in [1.165, 1.54) is 6.07 Å². The molecule has 2 aromatic rings. The fraction of sp³-hybridized carbons (Fsp3) is 0.429. The molecule has 1 aromatic heterocycles. The zero-order valence-corrected chi connectivity index (χ0v) is 11.4. The van der Waals surface area contributed by atoms with Gasteiger partial charge in [-0.2, -0.15) is 4.98 Å². The van der Waals surface area contributed by atoms with Crippen LogP contribution >= 0.6 is 0 Å². The highest BCUT2D eigenvalue weighted by Crippen LogP contribution is 2.21. The predicted octanol–water partition coefficient (Wildman–Crippen LogP) is 1.85. The summed E-state index contributed by atoms with van der Waals surface area (Å²) >= 11 is 0. The molecule has 1 aliphatic rings. The molecule has 2 heterocycles. The molecule has 20 heavy (non-hydrogen) atoms. The summed E-state index contributed by atoms with van der Waals surface area (Å²) in [6.45, 7) is 3.49. The van der Waals surface area contributed by atoms with Gasteiger partial charge in [0.05, 0.1) is 0 Å². The van der Waals surface area contributed by atoms with Crippen molar-refractivity contribution in [1.82, 2.24) is 15.2 Å². The van der Waals surface area contributed by atoms with Gasteiger partial charge in [-0.3, -0.25) is 5.10 Å². The van der Waals surface area contributed by atoms with Crippen LogP contribution in [0.15, 0.2) is 18.2 Å². The molecule has 5 nitrogen and oxygen atoms in total. The molecule has 0 amide bonds. The third kappa shape index (κ3) is 2.51. The van der Waals surface area contributed by atoms with Crippen molar-refractivity contribution in [1.29, 1.82) is 0 Å². The summed E-state index contributed by atoms with van der Waals surface area (Å²) in [5.74, 6) is 1.14. The molecule has 0 unspecified atom stereocenters. The summed E-state index contributed by atoms with van der Waals surface area (Å²) in [5.41, 5.74) is 7.34. The van der Waals surface area contributed by atoms with E-state index in [0.29, 0.717) is 17.3 Å². The smallest absolute Gasteiger partial charge is 0.245 e. The molecule has 3 N–H and O–H groups in total. The van der Waals surface area contributed by atoms with Gasteiger partial charge in [-0.25, -0.2) is 4.39 Å². The third-order valence-electron chi connectivity index (χ3n) is 3.73. The summed E-state index contributed by atoms with van der Waals surface area (Å²) in [5, 5.41) is 7.17. The van der Waals surface area contributed by atoms with Crippen molar-refractivity contribution in [2.24, 2.45) is 5.73 Å². The van der Waals surface area contributed by atoms with Gasteiger partial charge in [0, 0.05) is 24.7 Å². The second-order valence-electron chi connectivity index (χ2n) is 5.27. The molecule has 106 valence electrons. The van der Waals surface area contributed by atoms with Gasteiger partial charge in [0.1, 0.15) is 5.82 Å². The van der Waals surface area contributed by atoms with Crippen LogP contribution < -0.4 is 10.6 Å². The van der Waals surface area contributed by atoms with E-state index >= 15 is 0 Å². The molecule has 1 aliphatic heterocycles. The quantitative estimate of drug-likeness (QED) is 0.877. The average molecular weight is 275 g/mol. The predicted molar refractivity (Wildman–Crippen MR) is 75.9 cm³/mol. The van der Waals surface area contributed by atoms with Crippen LogP contribution in [0.4, 0.5) is 10.3 Å². The highest BCUT2D eigenvalue weighted by molar-refractivity contribution is 5.57. The lowest BCUT2D eigenvalue weighted by atomic mass is 10.1. The first-order valence-corrected chi connectivity index (χ1v) is 6.83. The Bertz CT molecular complexity index is 601. The second kappa shape index (κ2) is 5.20. The summed E-state index contributed by atoms with van der Waals surface area (Å²) in [7, 11) is 0. The monoisotopic (exact) mass is 275 g/mol. The zero-order valence-electron chi connectivity index (χ0n) is 11.4. The molecule has 1 fully saturated rings. The Morgan fingerprint density at radius 3 is 2.80 bits per heavy atom. The van der Waals surface area contributed by atoms with E-state index in [2.05, 4.69) is 20.1 Å². The fourth-order valence-corrected chi connectivity index (χ4v) is 2.41. The SMILES string of the molecule is Cc1cc(-c2nc(N3CCC(N)CC3)n[nH]2)ccc1F. The first-order chi connectivity index (χ1) is 9.63. The number of nitrogens with zero attached hydrogens (tertiary/aromatic N) is 3. The van der Waals surface area contributed by atoms with E-state index in [4.69, 9.17) is 5.73 Å². The van der Waals surface area contributed by atoms with Crippen molar-refractivity contribution in [2.45, 2.75) is 25.8 Å². The molecule has 0 atom stereocenters. The molecular weight excluding hydrogens is 257 g/mol. The van der Waals surface area contributed by atoms with E-state index in [-0.39, 0.29) is 11.9 Å². The van der Waals surface area contributed by atoms with Crippen LogP contribution in [0.1, 0.15) is 18.4 Å². The van der Waals surface area contributed by atoms with Gasteiger partial charge in [-0.15, -0.1) is 5.10 Å². The minimum atomic E-state index is -0.210. The number of hydrogen-bond donors (Lipinski definition) is 2. The Kier molecular flexibility index (Phi) is 3.40. The number of rotatable bonds is 2. The van der Waals surface area contributed by atoms with E-state index in [9.17, 15) is 4.39 Å². The van der Waals surface area contributed by atoms with Gasteiger partial charge in [-0.1, -0.05) is 0 Å². The Morgan fingerprint density at radius 1 is 1.35 bits per heavy atom. The molecule has 0 radical (unpaired) electrons. The number of anilines is 1. The van der Waals surface area contributed by atoms with Crippen molar-refractivity contribution < 1.29 is 4.39 Å². The minimum Gasteiger partial charge on any atom is -0.339 e. The van der Waals surface area contributed by atoms with Crippen LogP contribution in [0.25, 0.3) is 11.4 Å². The lowest BCUT2D eigenvalue weighted by molar-refractivity contribution is 0.496. The average Bonchev–Trinajstić information content (AvgIpc) is 2.92. The number of piperidine rings is 1. The molecule has 0 spiro atoms. The number of aromatic amines is 1. The van der Waals surface area contributed by atoms with Crippen molar-refractivity contribution in [3.8, 4) is 11.4 Å². The standard InChI is InChI=1S/C14H18FN5/c1-9-8-10(2-3-12(9)15)13-17-14(19-18-13)20-6-4-11(16)5-7-20/h2-3,8,11H,4-7,16H2,1H3,(H,17,18,19). The number of nitrogens with one attached hydrogen (secondary N) is 1. The molecule has 1 aromatic carbocycles. The first kappa shape index (κ1) is 13.1. The maximum absolute atomic E-state index is 13.3. The Hall–Kier alpha value is -1.95. The summed E-state index contributed by atoms with van der Waals surface area (Å²) in [6.07, 6.45) is 1.92. The lowest BCUT2D eigenvalue weighted by Crippen LogP contribution is -2.40. The molecule has 1 saturated heterocycles. The van der Waals surface area contributed by atoms with Crippen LogP contribution in [0.3, 0.4) is 0 Å². The van der Waals surface area contributed by atoms with Gasteiger partial charge in [0.25, 0.3) is 0 Å². The lowest BCUT2D eigenvalue weighted by Gasteiger charge is -2.28. The third-order valence-corrected chi connectivity index (χ3v) is 3.73.